The molecule has 2 aromatic rings. The van der Waals surface area contributed by atoms with E-state index in [1.807, 2.05) is 18.3 Å². The lowest BCUT2D eigenvalue weighted by molar-refractivity contribution is 0.750. The third-order valence-electron chi connectivity index (χ3n) is 4.97. The molecule has 132 valence electrons. The average Bonchev–Trinajstić information content (AvgIpc) is 3.28. The van der Waals surface area contributed by atoms with Gasteiger partial charge in [0.2, 0.25) is 0 Å². The standard InChI is InChI=1S/C18H25N7/c19-13-7-8-25(11-13)15-5-6-16(20-10-15)24-18-9-17(21-12-22-18)23-14-3-1-2-4-14/h5-6,9-10,12-14H,1-4,7-8,11,19H2,(H2,20,21,22,23,24). The molecule has 0 radical (unpaired) electrons. The van der Waals surface area contributed by atoms with Crippen LogP contribution in [0.15, 0.2) is 30.7 Å². The van der Waals surface area contributed by atoms with E-state index in [-0.39, 0.29) is 6.04 Å². The molecule has 4 N–H and O–H groups in total. The molecular weight excluding hydrogens is 314 g/mol. The van der Waals surface area contributed by atoms with Crippen LogP contribution < -0.4 is 21.3 Å². The highest BCUT2D eigenvalue weighted by Crippen LogP contribution is 2.24. The molecule has 2 aromatic heterocycles. The van der Waals surface area contributed by atoms with E-state index in [1.54, 1.807) is 6.33 Å². The molecule has 0 spiro atoms. The molecule has 0 bridgehead atoms. The summed E-state index contributed by atoms with van der Waals surface area (Å²) in [5, 5.41) is 6.74. The molecule has 0 aromatic carbocycles. The topological polar surface area (TPSA) is 92.0 Å². The van der Waals surface area contributed by atoms with Crippen LogP contribution in [0.1, 0.15) is 32.1 Å². The first kappa shape index (κ1) is 16.1. The van der Waals surface area contributed by atoms with Crippen molar-refractivity contribution < 1.29 is 0 Å². The van der Waals surface area contributed by atoms with Crippen LogP contribution in [0.3, 0.4) is 0 Å². The van der Waals surface area contributed by atoms with Gasteiger partial charge < -0.3 is 21.3 Å². The van der Waals surface area contributed by atoms with E-state index < -0.39 is 0 Å². The first-order chi connectivity index (χ1) is 12.3. The number of anilines is 4. The minimum atomic E-state index is 0.268. The Hall–Kier alpha value is -2.41. The fourth-order valence-corrected chi connectivity index (χ4v) is 3.58. The summed E-state index contributed by atoms with van der Waals surface area (Å²) in [6.45, 7) is 1.90. The maximum atomic E-state index is 5.97. The zero-order valence-electron chi connectivity index (χ0n) is 14.4. The van der Waals surface area contributed by atoms with Crippen molar-refractivity contribution in [2.24, 2.45) is 5.73 Å². The van der Waals surface area contributed by atoms with Gasteiger partial charge in [-0.15, -0.1) is 0 Å². The van der Waals surface area contributed by atoms with Gasteiger partial charge in [-0.25, -0.2) is 15.0 Å². The third-order valence-corrected chi connectivity index (χ3v) is 4.97. The fourth-order valence-electron chi connectivity index (χ4n) is 3.58. The molecule has 1 aliphatic carbocycles. The number of hydrogen-bond donors (Lipinski definition) is 3. The molecule has 0 amide bonds. The number of hydrogen-bond acceptors (Lipinski definition) is 7. The van der Waals surface area contributed by atoms with Gasteiger partial charge in [0.1, 0.15) is 23.8 Å². The zero-order valence-corrected chi connectivity index (χ0v) is 14.4. The molecule has 3 heterocycles. The van der Waals surface area contributed by atoms with Gasteiger partial charge in [-0.1, -0.05) is 12.8 Å². The predicted molar refractivity (Wildman–Crippen MR) is 100 cm³/mol. The van der Waals surface area contributed by atoms with Gasteiger partial charge in [-0.3, -0.25) is 0 Å². The van der Waals surface area contributed by atoms with E-state index in [2.05, 4.69) is 36.6 Å². The minimum absolute atomic E-state index is 0.268. The summed E-state index contributed by atoms with van der Waals surface area (Å²) >= 11 is 0. The number of nitrogens with one attached hydrogen (secondary N) is 2. The molecule has 25 heavy (non-hydrogen) atoms. The van der Waals surface area contributed by atoms with Crippen molar-refractivity contribution in [1.29, 1.82) is 0 Å². The van der Waals surface area contributed by atoms with Crippen LogP contribution in [-0.2, 0) is 0 Å². The molecular formula is C18H25N7. The summed E-state index contributed by atoms with van der Waals surface area (Å²) in [4.78, 5) is 15.4. The van der Waals surface area contributed by atoms with Gasteiger partial charge in [0.25, 0.3) is 0 Å². The van der Waals surface area contributed by atoms with E-state index in [4.69, 9.17) is 5.73 Å². The molecule has 1 atom stereocenters. The van der Waals surface area contributed by atoms with Crippen LogP contribution in [0.2, 0.25) is 0 Å². The highest BCUT2D eigenvalue weighted by Gasteiger charge is 2.19. The monoisotopic (exact) mass is 339 g/mol. The Morgan fingerprint density at radius 3 is 2.56 bits per heavy atom. The van der Waals surface area contributed by atoms with Crippen LogP contribution in [0.25, 0.3) is 0 Å². The second-order valence-electron chi connectivity index (χ2n) is 6.94. The number of nitrogens with zero attached hydrogens (tertiary/aromatic N) is 4. The fraction of sp³-hybridized carbons (Fsp3) is 0.500. The largest absolute Gasteiger partial charge is 0.369 e. The Morgan fingerprint density at radius 1 is 1.00 bits per heavy atom. The quantitative estimate of drug-likeness (QED) is 0.771. The second kappa shape index (κ2) is 7.23. The van der Waals surface area contributed by atoms with Crippen molar-refractivity contribution in [3.63, 3.8) is 0 Å². The van der Waals surface area contributed by atoms with Crippen LogP contribution in [0, 0.1) is 0 Å². The van der Waals surface area contributed by atoms with Gasteiger partial charge in [-0.05, 0) is 31.4 Å². The Labute approximate surface area is 148 Å². The minimum Gasteiger partial charge on any atom is -0.369 e. The third kappa shape index (κ3) is 3.99. The molecule has 1 saturated heterocycles. The van der Waals surface area contributed by atoms with E-state index in [0.717, 1.165) is 42.7 Å². The lowest BCUT2D eigenvalue weighted by Gasteiger charge is -2.18. The molecule has 1 aliphatic heterocycles. The predicted octanol–water partition coefficient (Wildman–Crippen LogP) is 2.51. The average molecular weight is 339 g/mol. The van der Waals surface area contributed by atoms with E-state index >= 15 is 0 Å². The molecule has 1 unspecified atom stereocenters. The Balaban J connectivity index is 1.39. The Kier molecular flexibility index (Phi) is 4.65. The van der Waals surface area contributed by atoms with Crippen LogP contribution >= 0.6 is 0 Å². The van der Waals surface area contributed by atoms with Crippen molar-refractivity contribution >= 4 is 23.1 Å². The van der Waals surface area contributed by atoms with E-state index in [1.165, 1.54) is 25.7 Å². The van der Waals surface area contributed by atoms with Crippen LogP contribution in [-0.4, -0.2) is 40.1 Å². The summed E-state index contributed by atoms with van der Waals surface area (Å²) in [7, 11) is 0. The Bertz CT molecular complexity index is 697. The number of aromatic nitrogens is 3. The summed E-state index contributed by atoms with van der Waals surface area (Å²) in [5.41, 5.74) is 7.09. The van der Waals surface area contributed by atoms with Gasteiger partial charge >= 0.3 is 0 Å². The molecule has 4 rings (SSSR count). The zero-order chi connectivity index (χ0) is 17.1. The van der Waals surface area contributed by atoms with Gasteiger partial charge in [0.15, 0.2) is 0 Å². The molecule has 1 saturated carbocycles. The number of nitrogens with two attached hydrogens (primary N) is 1. The normalized spacial score (nSPS) is 20.8. The molecule has 2 aliphatic rings. The molecule has 2 fully saturated rings. The van der Waals surface area contributed by atoms with E-state index in [9.17, 15) is 0 Å². The summed E-state index contributed by atoms with van der Waals surface area (Å²) in [6.07, 6.45) is 9.54. The van der Waals surface area contributed by atoms with Crippen molar-refractivity contribution in [3.05, 3.63) is 30.7 Å². The van der Waals surface area contributed by atoms with Gasteiger partial charge in [0, 0.05) is 31.2 Å². The number of pyridine rings is 1. The van der Waals surface area contributed by atoms with Crippen molar-refractivity contribution in [2.75, 3.05) is 28.6 Å². The first-order valence-electron chi connectivity index (χ1n) is 9.08. The highest BCUT2D eigenvalue weighted by atomic mass is 15.2. The second-order valence-corrected chi connectivity index (χ2v) is 6.94. The van der Waals surface area contributed by atoms with Crippen molar-refractivity contribution in [1.82, 2.24) is 15.0 Å². The molecule has 7 nitrogen and oxygen atoms in total. The lowest BCUT2D eigenvalue weighted by atomic mass is 10.2. The Morgan fingerprint density at radius 2 is 1.84 bits per heavy atom. The van der Waals surface area contributed by atoms with Crippen molar-refractivity contribution in [3.8, 4) is 0 Å². The van der Waals surface area contributed by atoms with Crippen LogP contribution in [0.5, 0.6) is 0 Å². The molecule has 7 heteroatoms. The maximum Gasteiger partial charge on any atom is 0.137 e. The summed E-state index contributed by atoms with van der Waals surface area (Å²) < 4.78 is 0. The smallest absolute Gasteiger partial charge is 0.137 e. The van der Waals surface area contributed by atoms with Gasteiger partial charge in [0.05, 0.1) is 11.9 Å². The highest BCUT2D eigenvalue weighted by molar-refractivity contribution is 5.58. The maximum absolute atomic E-state index is 5.97. The summed E-state index contributed by atoms with van der Waals surface area (Å²) in [6, 6.07) is 6.79. The first-order valence-corrected chi connectivity index (χ1v) is 9.08. The lowest BCUT2D eigenvalue weighted by Crippen LogP contribution is -2.26. The number of rotatable bonds is 5. The van der Waals surface area contributed by atoms with E-state index in [0.29, 0.717) is 6.04 Å². The van der Waals surface area contributed by atoms with Crippen molar-refractivity contribution in [2.45, 2.75) is 44.2 Å². The van der Waals surface area contributed by atoms with Gasteiger partial charge in [-0.2, -0.15) is 0 Å². The summed E-state index contributed by atoms with van der Waals surface area (Å²) in [5.74, 6) is 2.39. The SMILES string of the molecule is NC1CCN(c2ccc(Nc3cc(NC4CCCC4)ncn3)nc2)C1. The van der Waals surface area contributed by atoms with Crippen LogP contribution in [0.4, 0.5) is 23.1 Å².